The number of likely N-dealkylation sites (tertiary alicyclic amines) is 1. The number of fused-ring (bicyclic) bond motifs is 4. The first kappa shape index (κ1) is 20.9. The fourth-order valence-corrected chi connectivity index (χ4v) is 6.36. The summed E-state index contributed by atoms with van der Waals surface area (Å²) < 4.78 is 0. The molecule has 2 N–H and O–H groups in total. The Kier molecular flexibility index (Phi) is 4.92. The molecule has 2 unspecified atom stereocenters. The molecule has 0 bridgehead atoms. The van der Waals surface area contributed by atoms with Gasteiger partial charge in [-0.1, -0.05) is 48.5 Å². The van der Waals surface area contributed by atoms with Crippen molar-refractivity contribution in [3.05, 3.63) is 105 Å². The lowest BCUT2D eigenvalue weighted by atomic mass is 9.58. The number of non-ortho nitro benzene ring substituents is 1. The number of phenols is 1. The first-order valence-corrected chi connectivity index (χ1v) is 11.9. The molecule has 1 saturated heterocycles. The number of phenolic OH excluding ortho intramolecular Hbond substituents is 1. The van der Waals surface area contributed by atoms with Crippen molar-refractivity contribution in [1.29, 1.82) is 0 Å². The lowest BCUT2D eigenvalue weighted by Gasteiger charge is -2.51. The smallest absolute Gasteiger partial charge is 0.279 e. The maximum Gasteiger partial charge on any atom is 0.279 e. The number of aromatic hydroxyl groups is 1. The van der Waals surface area contributed by atoms with Crippen molar-refractivity contribution in [2.45, 2.75) is 31.2 Å². The van der Waals surface area contributed by atoms with Crippen LogP contribution in [-0.2, 0) is 24.8 Å². The number of piperidine rings is 1. The van der Waals surface area contributed by atoms with Crippen LogP contribution in [0.25, 0.3) is 10.9 Å². The Morgan fingerprint density at radius 3 is 2.71 bits per heavy atom. The van der Waals surface area contributed by atoms with Crippen LogP contribution >= 0.6 is 0 Å². The van der Waals surface area contributed by atoms with Crippen molar-refractivity contribution in [2.75, 3.05) is 13.1 Å². The first-order chi connectivity index (χ1) is 16.5. The van der Waals surface area contributed by atoms with Gasteiger partial charge >= 0.3 is 0 Å². The van der Waals surface area contributed by atoms with Gasteiger partial charge in [0.1, 0.15) is 5.75 Å². The fraction of sp³-hybridized carbons (Fsp3) is 0.286. The molecule has 1 aliphatic carbocycles. The van der Waals surface area contributed by atoms with Gasteiger partial charge in [0.05, 0.1) is 15.8 Å². The Balaban J connectivity index is 1.44. The molecule has 1 fully saturated rings. The van der Waals surface area contributed by atoms with Crippen molar-refractivity contribution >= 4 is 16.6 Å². The summed E-state index contributed by atoms with van der Waals surface area (Å²) in [7, 11) is 0. The Bertz CT molecular complexity index is 1380. The van der Waals surface area contributed by atoms with E-state index in [0.29, 0.717) is 0 Å². The lowest BCUT2D eigenvalue weighted by Crippen LogP contribution is -2.53. The molecule has 3 aromatic carbocycles. The number of nitro groups is 1. The standard InChI is InChI=1S/C28H27N3O3/c32-22-9-4-8-20(14-22)28-12-13-30(17-19-6-2-1-3-7-19)18-21(28)15-23-25(16-28)29-24-10-5-11-26(27(23)24)31(33)34/h1-11,14,21,29,32H,12-13,15-18H2. The highest BCUT2D eigenvalue weighted by molar-refractivity contribution is 5.93. The summed E-state index contributed by atoms with van der Waals surface area (Å²) in [5.74, 6) is 0.577. The molecule has 0 amide bonds. The average molecular weight is 454 g/mol. The van der Waals surface area contributed by atoms with E-state index in [-0.39, 0.29) is 27.7 Å². The van der Waals surface area contributed by atoms with Gasteiger partial charge in [-0.25, -0.2) is 0 Å². The highest BCUT2D eigenvalue weighted by atomic mass is 16.6. The van der Waals surface area contributed by atoms with E-state index in [9.17, 15) is 15.2 Å². The molecule has 2 atom stereocenters. The molecule has 2 heterocycles. The van der Waals surface area contributed by atoms with Crippen molar-refractivity contribution in [3.8, 4) is 5.75 Å². The maximum atomic E-state index is 11.8. The van der Waals surface area contributed by atoms with Gasteiger partial charge in [0, 0.05) is 30.3 Å². The summed E-state index contributed by atoms with van der Waals surface area (Å²) in [6.07, 6.45) is 2.55. The van der Waals surface area contributed by atoms with Crippen LogP contribution in [-0.4, -0.2) is 33.0 Å². The largest absolute Gasteiger partial charge is 0.508 e. The van der Waals surface area contributed by atoms with E-state index in [0.717, 1.165) is 66.6 Å². The lowest BCUT2D eigenvalue weighted by molar-refractivity contribution is -0.383. The van der Waals surface area contributed by atoms with Crippen LogP contribution in [0, 0.1) is 16.0 Å². The monoisotopic (exact) mass is 453 g/mol. The molecule has 2 aliphatic rings. The molecule has 6 heteroatoms. The van der Waals surface area contributed by atoms with Crippen molar-refractivity contribution in [1.82, 2.24) is 9.88 Å². The van der Waals surface area contributed by atoms with Crippen LogP contribution in [0.4, 0.5) is 5.69 Å². The maximum absolute atomic E-state index is 11.8. The van der Waals surface area contributed by atoms with Crippen LogP contribution in [0.2, 0.25) is 0 Å². The van der Waals surface area contributed by atoms with Gasteiger partial charge in [-0.3, -0.25) is 15.0 Å². The normalized spacial score (nSPS) is 22.3. The van der Waals surface area contributed by atoms with Crippen molar-refractivity contribution < 1.29 is 10.0 Å². The number of rotatable bonds is 4. The quantitative estimate of drug-likeness (QED) is 0.323. The number of hydrogen-bond acceptors (Lipinski definition) is 4. The van der Waals surface area contributed by atoms with Crippen molar-refractivity contribution in [3.63, 3.8) is 0 Å². The van der Waals surface area contributed by atoms with Gasteiger partial charge in [0.15, 0.2) is 0 Å². The molecule has 0 saturated carbocycles. The molecule has 4 aromatic rings. The van der Waals surface area contributed by atoms with Gasteiger partial charge in [-0.05, 0) is 66.6 Å². The fourth-order valence-electron chi connectivity index (χ4n) is 6.36. The number of nitro benzene ring substituents is 1. The van der Waals surface area contributed by atoms with Gasteiger partial charge in [-0.15, -0.1) is 0 Å². The third-order valence-electron chi connectivity index (χ3n) is 7.94. The van der Waals surface area contributed by atoms with E-state index in [1.807, 2.05) is 24.3 Å². The number of nitrogens with one attached hydrogen (secondary N) is 1. The van der Waals surface area contributed by atoms with E-state index < -0.39 is 0 Å². The Hall–Kier alpha value is -3.64. The highest BCUT2D eigenvalue weighted by Crippen LogP contribution is 2.50. The molecule has 172 valence electrons. The predicted octanol–water partition coefficient (Wildman–Crippen LogP) is 5.34. The molecular formula is C28H27N3O3. The number of aromatic nitrogens is 1. The van der Waals surface area contributed by atoms with E-state index in [2.05, 4.69) is 40.2 Å². The molecule has 1 aliphatic heterocycles. The van der Waals surface area contributed by atoms with Gasteiger partial charge in [0.2, 0.25) is 0 Å². The van der Waals surface area contributed by atoms with E-state index in [1.54, 1.807) is 18.2 Å². The van der Waals surface area contributed by atoms with Crippen LogP contribution in [0.5, 0.6) is 5.75 Å². The molecule has 6 rings (SSSR count). The summed E-state index contributed by atoms with van der Waals surface area (Å²) in [5.41, 5.74) is 5.54. The second-order valence-corrected chi connectivity index (χ2v) is 9.79. The second kappa shape index (κ2) is 7.99. The Morgan fingerprint density at radius 2 is 1.91 bits per heavy atom. The summed E-state index contributed by atoms with van der Waals surface area (Å²) in [6, 6.07) is 23.5. The van der Waals surface area contributed by atoms with Gasteiger partial charge in [0.25, 0.3) is 5.69 Å². The molecule has 6 nitrogen and oxygen atoms in total. The zero-order valence-corrected chi connectivity index (χ0v) is 18.9. The zero-order chi connectivity index (χ0) is 23.3. The Morgan fingerprint density at radius 1 is 1.09 bits per heavy atom. The van der Waals surface area contributed by atoms with Crippen LogP contribution < -0.4 is 0 Å². The number of aromatic amines is 1. The molecule has 0 radical (unpaired) electrons. The molecule has 34 heavy (non-hydrogen) atoms. The first-order valence-electron chi connectivity index (χ1n) is 11.9. The minimum absolute atomic E-state index is 0.116. The van der Waals surface area contributed by atoms with Gasteiger partial charge < -0.3 is 10.1 Å². The van der Waals surface area contributed by atoms with Crippen molar-refractivity contribution in [2.24, 2.45) is 5.92 Å². The minimum atomic E-state index is -0.268. The SMILES string of the molecule is O=[N+]([O-])c1cccc2[nH]c3c(c12)CC1CN(Cc2ccccc2)CCC1(c1cccc(O)c1)C3. The third-order valence-corrected chi connectivity index (χ3v) is 7.94. The van der Waals surface area contributed by atoms with Crippen LogP contribution in [0.1, 0.15) is 28.8 Å². The molecular weight excluding hydrogens is 426 g/mol. The zero-order valence-electron chi connectivity index (χ0n) is 18.9. The topological polar surface area (TPSA) is 82.4 Å². The van der Waals surface area contributed by atoms with E-state index in [4.69, 9.17) is 0 Å². The third kappa shape index (κ3) is 3.37. The number of H-pyrrole nitrogens is 1. The predicted molar refractivity (Wildman–Crippen MR) is 132 cm³/mol. The van der Waals surface area contributed by atoms with Crippen LogP contribution in [0.3, 0.4) is 0 Å². The van der Waals surface area contributed by atoms with E-state index >= 15 is 0 Å². The molecule has 0 spiro atoms. The minimum Gasteiger partial charge on any atom is -0.508 e. The summed E-state index contributed by atoms with van der Waals surface area (Å²) in [5, 5.41) is 22.9. The number of benzene rings is 3. The Labute approximate surface area is 198 Å². The highest BCUT2D eigenvalue weighted by Gasteiger charge is 2.48. The molecule has 1 aromatic heterocycles. The second-order valence-electron chi connectivity index (χ2n) is 9.79. The van der Waals surface area contributed by atoms with E-state index in [1.165, 1.54) is 5.56 Å². The summed E-state index contributed by atoms with van der Waals surface area (Å²) >= 11 is 0. The number of nitrogens with zero attached hydrogens (tertiary/aromatic N) is 2. The van der Waals surface area contributed by atoms with Gasteiger partial charge in [-0.2, -0.15) is 0 Å². The number of hydrogen-bond donors (Lipinski definition) is 2. The summed E-state index contributed by atoms with van der Waals surface area (Å²) in [6.45, 7) is 2.78. The van der Waals surface area contributed by atoms with Crippen LogP contribution in [0.15, 0.2) is 72.8 Å². The average Bonchev–Trinajstić information content (AvgIpc) is 3.20. The summed E-state index contributed by atoms with van der Waals surface area (Å²) in [4.78, 5) is 17.6.